The molecule has 0 aromatic heterocycles. The van der Waals surface area contributed by atoms with Gasteiger partial charge in [-0.1, -0.05) is 24.4 Å². The first-order valence-electron chi connectivity index (χ1n) is 6.06. The van der Waals surface area contributed by atoms with Crippen LogP contribution in [-0.2, 0) is 0 Å². The molecule has 0 heterocycles. The number of nitrogens with one attached hydrogen (secondary N) is 1. The smallest absolute Gasteiger partial charge is 0.256 e. The van der Waals surface area contributed by atoms with Gasteiger partial charge in [-0.3, -0.25) is 4.79 Å². The van der Waals surface area contributed by atoms with Crippen molar-refractivity contribution < 1.29 is 4.79 Å². The van der Waals surface area contributed by atoms with Crippen molar-refractivity contribution in [3.05, 3.63) is 58.1 Å². The highest BCUT2D eigenvalue weighted by Crippen LogP contribution is 2.26. The van der Waals surface area contributed by atoms with Crippen LogP contribution in [0.25, 0.3) is 0 Å². The molecule has 0 aliphatic heterocycles. The average Bonchev–Trinajstić information content (AvgIpc) is 2.48. The third-order valence-corrected chi connectivity index (χ3v) is 4.54. The van der Waals surface area contributed by atoms with Crippen LogP contribution >= 0.6 is 39.9 Å². The van der Waals surface area contributed by atoms with Crippen LogP contribution in [0, 0.1) is 0 Å². The van der Waals surface area contributed by atoms with E-state index in [0.717, 1.165) is 14.9 Å². The van der Waals surface area contributed by atoms with Gasteiger partial charge in [0.1, 0.15) is 4.99 Å². The van der Waals surface area contributed by atoms with E-state index in [1.807, 2.05) is 24.5 Å². The fraction of sp³-hybridized carbons (Fsp3) is 0.0667. The van der Waals surface area contributed by atoms with Gasteiger partial charge in [-0.2, -0.15) is 0 Å². The molecule has 0 bridgehead atoms. The van der Waals surface area contributed by atoms with Gasteiger partial charge >= 0.3 is 0 Å². The first kappa shape index (κ1) is 16.0. The Morgan fingerprint density at radius 1 is 1.29 bits per heavy atom. The number of hydrogen-bond acceptors (Lipinski definition) is 3. The molecule has 0 atom stereocenters. The minimum absolute atomic E-state index is 0.149. The van der Waals surface area contributed by atoms with E-state index < -0.39 is 0 Å². The van der Waals surface area contributed by atoms with Crippen molar-refractivity contribution in [1.29, 1.82) is 0 Å². The second kappa shape index (κ2) is 7.06. The first-order valence-corrected chi connectivity index (χ1v) is 8.49. The maximum atomic E-state index is 12.4. The fourth-order valence-corrected chi connectivity index (χ4v) is 2.99. The van der Waals surface area contributed by atoms with Crippen molar-refractivity contribution in [1.82, 2.24) is 0 Å². The number of nitrogens with two attached hydrogens (primary N) is 1. The Balaban J connectivity index is 2.26. The molecule has 1 amide bonds. The molecule has 2 aromatic rings. The standard InChI is InChI=1S/C15H13BrN2OS2/c1-21-13-5-3-2-4-10(13)15(19)18-12-7-6-9(14(17)20)8-11(12)16/h2-8H,1H3,(H2,17,20)(H,18,19). The zero-order valence-electron chi connectivity index (χ0n) is 11.2. The van der Waals surface area contributed by atoms with Crippen LogP contribution in [-0.4, -0.2) is 17.2 Å². The SMILES string of the molecule is CSc1ccccc1C(=O)Nc1ccc(C(N)=S)cc1Br. The molecule has 3 nitrogen and oxygen atoms in total. The molecular formula is C15H13BrN2OS2. The van der Waals surface area contributed by atoms with Gasteiger partial charge in [0.15, 0.2) is 0 Å². The molecule has 108 valence electrons. The monoisotopic (exact) mass is 380 g/mol. The topological polar surface area (TPSA) is 55.1 Å². The van der Waals surface area contributed by atoms with E-state index in [2.05, 4.69) is 21.2 Å². The number of amides is 1. The molecule has 0 saturated carbocycles. The Hall–Kier alpha value is -1.37. The first-order chi connectivity index (χ1) is 10.0. The number of carbonyl (C=O) groups is 1. The second-order valence-corrected chi connectivity index (χ2v) is 6.36. The largest absolute Gasteiger partial charge is 0.389 e. The lowest BCUT2D eigenvalue weighted by Crippen LogP contribution is -2.14. The Kier molecular flexibility index (Phi) is 5.39. The summed E-state index contributed by atoms with van der Waals surface area (Å²) in [5, 5.41) is 2.88. The highest BCUT2D eigenvalue weighted by molar-refractivity contribution is 9.10. The molecular weight excluding hydrogens is 368 g/mol. The molecule has 21 heavy (non-hydrogen) atoms. The van der Waals surface area contributed by atoms with Crippen molar-refractivity contribution in [2.75, 3.05) is 11.6 Å². The van der Waals surface area contributed by atoms with Gasteiger partial charge in [-0.25, -0.2) is 0 Å². The van der Waals surface area contributed by atoms with Crippen LogP contribution in [0.4, 0.5) is 5.69 Å². The molecule has 3 N–H and O–H groups in total. The number of benzene rings is 2. The summed E-state index contributed by atoms with van der Waals surface area (Å²) in [4.78, 5) is 13.6. The maximum Gasteiger partial charge on any atom is 0.256 e. The van der Waals surface area contributed by atoms with E-state index in [1.54, 1.807) is 24.3 Å². The molecule has 0 unspecified atom stereocenters. The number of thiocarbonyl (C=S) groups is 1. The third kappa shape index (κ3) is 3.84. The predicted molar refractivity (Wildman–Crippen MR) is 96.2 cm³/mol. The van der Waals surface area contributed by atoms with Crippen molar-refractivity contribution >= 4 is 56.5 Å². The summed E-state index contributed by atoms with van der Waals surface area (Å²) in [5.74, 6) is -0.149. The third-order valence-electron chi connectivity index (χ3n) is 2.85. The van der Waals surface area contributed by atoms with Crippen molar-refractivity contribution in [2.24, 2.45) is 5.73 Å². The summed E-state index contributed by atoms with van der Waals surface area (Å²) in [6.45, 7) is 0. The van der Waals surface area contributed by atoms with E-state index in [-0.39, 0.29) is 5.91 Å². The molecule has 0 fully saturated rings. The van der Waals surface area contributed by atoms with Crippen LogP contribution in [0.2, 0.25) is 0 Å². The van der Waals surface area contributed by atoms with Crippen LogP contribution in [0.1, 0.15) is 15.9 Å². The minimum atomic E-state index is -0.149. The summed E-state index contributed by atoms with van der Waals surface area (Å²) in [7, 11) is 0. The van der Waals surface area contributed by atoms with E-state index in [4.69, 9.17) is 18.0 Å². The quantitative estimate of drug-likeness (QED) is 0.620. The molecule has 2 aromatic carbocycles. The van der Waals surface area contributed by atoms with Gasteiger partial charge in [0.25, 0.3) is 5.91 Å². The van der Waals surface area contributed by atoms with Crippen LogP contribution < -0.4 is 11.1 Å². The molecule has 0 aliphatic rings. The van der Waals surface area contributed by atoms with E-state index in [0.29, 0.717) is 16.2 Å². The van der Waals surface area contributed by atoms with Crippen LogP contribution in [0.5, 0.6) is 0 Å². The Morgan fingerprint density at radius 2 is 2.00 bits per heavy atom. The highest BCUT2D eigenvalue weighted by atomic mass is 79.9. The maximum absolute atomic E-state index is 12.4. The molecule has 0 saturated heterocycles. The molecule has 0 spiro atoms. The minimum Gasteiger partial charge on any atom is -0.389 e. The summed E-state index contributed by atoms with van der Waals surface area (Å²) in [6, 6.07) is 12.8. The molecule has 6 heteroatoms. The average molecular weight is 381 g/mol. The number of hydrogen-bond donors (Lipinski definition) is 2. The number of carbonyl (C=O) groups excluding carboxylic acids is 1. The lowest BCUT2D eigenvalue weighted by atomic mass is 10.2. The van der Waals surface area contributed by atoms with Crippen molar-refractivity contribution in [3.63, 3.8) is 0 Å². The lowest BCUT2D eigenvalue weighted by Gasteiger charge is -2.11. The molecule has 2 rings (SSSR count). The van der Waals surface area contributed by atoms with Gasteiger partial charge < -0.3 is 11.1 Å². The van der Waals surface area contributed by atoms with Crippen molar-refractivity contribution in [3.8, 4) is 0 Å². The summed E-state index contributed by atoms with van der Waals surface area (Å²) in [6.07, 6.45) is 1.94. The second-order valence-electron chi connectivity index (χ2n) is 4.21. The summed E-state index contributed by atoms with van der Waals surface area (Å²) < 4.78 is 0.739. The van der Waals surface area contributed by atoms with Gasteiger partial charge in [0.05, 0.1) is 11.3 Å². The van der Waals surface area contributed by atoms with Gasteiger partial charge in [-0.05, 0) is 52.5 Å². The Bertz CT molecular complexity index is 704. The van der Waals surface area contributed by atoms with E-state index in [9.17, 15) is 4.79 Å². The normalized spacial score (nSPS) is 10.2. The summed E-state index contributed by atoms with van der Waals surface area (Å²) >= 11 is 9.88. The molecule has 0 aliphatic carbocycles. The van der Waals surface area contributed by atoms with Gasteiger partial charge in [0.2, 0.25) is 0 Å². The number of rotatable bonds is 4. The summed E-state index contributed by atoms with van der Waals surface area (Å²) in [5.41, 5.74) is 7.66. The molecule has 0 radical (unpaired) electrons. The predicted octanol–water partition coefficient (Wildman–Crippen LogP) is 4.06. The van der Waals surface area contributed by atoms with Crippen LogP contribution in [0.15, 0.2) is 51.8 Å². The van der Waals surface area contributed by atoms with E-state index >= 15 is 0 Å². The highest BCUT2D eigenvalue weighted by Gasteiger charge is 2.12. The van der Waals surface area contributed by atoms with E-state index in [1.165, 1.54) is 11.8 Å². The zero-order valence-corrected chi connectivity index (χ0v) is 14.4. The van der Waals surface area contributed by atoms with Crippen LogP contribution in [0.3, 0.4) is 0 Å². The Labute approximate surface area is 141 Å². The fourth-order valence-electron chi connectivity index (χ4n) is 1.79. The number of thioether (sulfide) groups is 1. The van der Waals surface area contributed by atoms with Crippen molar-refractivity contribution in [2.45, 2.75) is 4.90 Å². The van der Waals surface area contributed by atoms with Gasteiger partial charge in [0, 0.05) is 14.9 Å². The lowest BCUT2D eigenvalue weighted by molar-refractivity contribution is 0.102. The van der Waals surface area contributed by atoms with Gasteiger partial charge in [-0.15, -0.1) is 11.8 Å². The number of anilines is 1. The number of halogens is 1. The Morgan fingerprint density at radius 3 is 2.62 bits per heavy atom. The zero-order chi connectivity index (χ0) is 15.4.